The highest BCUT2D eigenvalue weighted by atomic mass is 19.4. The lowest BCUT2D eigenvalue weighted by atomic mass is 10.4. The second kappa shape index (κ2) is 3.43. The topological polar surface area (TPSA) is 27.1 Å². The number of aryl methyl sites for hydroxylation is 1. The fourth-order valence-electron chi connectivity index (χ4n) is 0.772. The van der Waals surface area contributed by atoms with Gasteiger partial charge in [-0.25, -0.2) is 0 Å². The molecular formula is C6H4F5N2O. The standard InChI is InChI=1S/C6H4F5N2O/c1-3-2-12-13(6(9,10)11)4(3)14-5(7)8/h5H,1H3. The summed E-state index contributed by atoms with van der Waals surface area (Å²) in [7, 11) is 0. The summed E-state index contributed by atoms with van der Waals surface area (Å²) >= 11 is 0. The normalized spacial score (nSPS) is 12.2. The predicted octanol–water partition coefficient (Wildman–Crippen LogP) is 2.07. The molecule has 0 saturated heterocycles. The number of aromatic nitrogens is 2. The van der Waals surface area contributed by atoms with Gasteiger partial charge in [0.1, 0.15) is 6.20 Å². The molecule has 0 aliphatic heterocycles. The van der Waals surface area contributed by atoms with E-state index < -0.39 is 23.5 Å². The monoisotopic (exact) mass is 215 g/mol. The van der Waals surface area contributed by atoms with Crippen molar-refractivity contribution in [2.24, 2.45) is 0 Å². The van der Waals surface area contributed by atoms with Crippen molar-refractivity contribution in [1.82, 2.24) is 9.78 Å². The summed E-state index contributed by atoms with van der Waals surface area (Å²) in [6, 6.07) is 0. The van der Waals surface area contributed by atoms with Gasteiger partial charge in [-0.2, -0.15) is 13.9 Å². The third kappa shape index (κ3) is 2.12. The molecule has 3 nitrogen and oxygen atoms in total. The van der Waals surface area contributed by atoms with Crippen LogP contribution in [0.2, 0.25) is 0 Å². The van der Waals surface area contributed by atoms with E-state index in [1.165, 1.54) is 0 Å². The Morgan fingerprint density at radius 1 is 1.43 bits per heavy atom. The van der Waals surface area contributed by atoms with E-state index in [9.17, 15) is 22.0 Å². The Labute approximate surface area is 75.1 Å². The number of nitrogens with zero attached hydrogens (tertiary/aromatic N) is 2. The van der Waals surface area contributed by atoms with Gasteiger partial charge in [-0.3, -0.25) is 0 Å². The molecule has 1 radical (unpaired) electrons. The van der Waals surface area contributed by atoms with E-state index in [1.807, 2.05) is 6.20 Å². The zero-order valence-electron chi connectivity index (χ0n) is 6.77. The van der Waals surface area contributed by atoms with Gasteiger partial charge >= 0.3 is 12.9 Å². The van der Waals surface area contributed by atoms with Crippen molar-refractivity contribution < 1.29 is 26.7 Å². The van der Waals surface area contributed by atoms with Gasteiger partial charge in [-0.05, 0) is 6.92 Å². The van der Waals surface area contributed by atoms with Crippen LogP contribution in [0, 0.1) is 13.1 Å². The van der Waals surface area contributed by atoms with E-state index >= 15 is 0 Å². The number of halogens is 5. The molecule has 1 heterocycles. The van der Waals surface area contributed by atoms with Crippen LogP contribution < -0.4 is 4.74 Å². The van der Waals surface area contributed by atoms with Gasteiger partial charge in [0.15, 0.2) is 0 Å². The molecule has 0 aliphatic rings. The molecule has 79 valence electrons. The van der Waals surface area contributed by atoms with Gasteiger partial charge in [0, 0.05) is 5.56 Å². The lowest BCUT2D eigenvalue weighted by Gasteiger charge is -2.11. The van der Waals surface area contributed by atoms with Crippen molar-refractivity contribution in [3.63, 3.8) is 0 Å². The third-order valence-electron chi connectivity index (χ3n) is 1.27. The van der Waals surface area contributed by atoms with Gasteiger partial charge < -0.3 is 4.74 Å². The van der Waals surface area contributed by atoms with Gasteiger partial charge in [-0.1, -0.05) is 0 Å². The maximum atomic E-state index is 12.1. The second-order valence-corrected chi connectivity index (χ2v) is 2.30. The largest absolute Gasteiger partial charge is 0.507 e. The SMILES string of the molecule is Cc1[c]nn(C(F)(F)F)c1OC(F)F. The van der Waals surface area contributed by atoms with E-state index in [0.29, 0.717) is 0 Å². The Bertz CT molecular complexity index is 319. The third-order valence-corrected chi connectivity index (χ3v) is 1.27. The summed E-state index contributed by atoms with van der Waals surface area (Å²) in [6.45, 7) is -2.20. The van der Waals surface area contributed by atoms with Crippen molar-refractivity contribution in [3.8, 4) is 5.88 Å². The Morgan fingerprint density at radius 2 is 2.00 bits per heavy atom. The van der Waals surface area contributed by atoms with Gasteiger partial charge in [0.05, 0.1) is 0 Å². The van der Waals surface area contributed by atoms with Gasteiger partial charge in [-0.15, -0.1) is 17.9 Å². The summed E-state index contributed by atoms with van der Waals surface area (Å²) in [6.07, 6.45) is -3.01. The number of rotatable bonds is 2. The quantitative estimate of drug-likeness (QED) is 0.706. The van der Waals surface area contributed by atoms with Crippen molar-refractivity contribution in [2.45, 2.75) is 19.8 Å². The minimum absolute atomic E-state index is 0.234. The minimum Gasteiger partial charge on any atom is -0.417 e. The molecule has 0 bridgehead atoms. The van der Waals surface area contributed by atoms with Crippen LogP contribution in [0.3, 0.4) is 0 Å². The van der Waals surface area contributed by atoms with Crippen LogP contribution in [0.5, 0.6) is 5.88 Å². The molecule has 8 heteroatoms. The number of hydrogen-bond acceptors (Lipinski definition) is 2. The first-order valence-electron chi connectivity index (χ1n) is 3.31. The van der Waals surface area contributed by atoms with E-state index in [4.69, 9.17) is 0 Å². The van der Waals surface area contributed by atoms with Crippen molar-refractivity contribution in [2.75, 3.05) is 0 Å². The summed E-state index contributed by atoms with van der Waals surface area (Å²) < 4.78 is 62.7. The molecule has 0 unspecified atom stereocenters. The predicted molar refractivity (Wildman–Crippen MR) is 33.7 cm³/mol. The molecule has 0 aromatic carbocycles. The first kappa shape index (κ1) is 10.7. The Balaban J connectivity index is 3.06. The molecule has 0 aliphatic carbocycles. The average Bonchev–Trinajstić information content (AvgIpc) is 2.30. The van der Waals surface area contributed by atoms with Crippen molar-refractivity contribution >= 4 is 0 Å². The highest BCUT2D eigenvalue weighted by Crippen LogP contribution is 2.30. The Hall–Kier alpha value is -1.34. The average molecular weight is 215 g/mol. The molecule has 14 heavy (non-hydrogen) atoms. The molecule has 0 amide bonds. The maximum Gasteiger partial charge on any atom is 0.507 e. The van der Waals surface area contributed by atoms with Gasteiger partial charge in [0.2, 0.25) is 5.88 Å². The number of hydrogen-bond donors (Lipinski definition) is 0. The Morgan fingerprint density at radius 3 is 2.43 bits per heavy atom. The van der Waals surface area contributed by atoms with Crippen LogP contribution in [0.4, 0.5) is 22.0 Å². The molecule has 0 N–H and O–H groups in total. The fourth-order valence-corrected chi connectivity index (χ4v) is 0.772. The molecule has 1 rings (SSSR count). The lowest BCUT2D eigenvalue weighted by Crippen LogP contribution is -2.21. The van der Waals surface area contributed by atoms with Crippen LogP contribution in [-0.2, 0) is 6.30 Å². The zero-order valence-corrected chi connectivity index (χ0v) is 6.77. The van der Waals surface area contributed by atoms with E-state index in [-0.39, 0.29) is 5.56 Å². The Kier molecular flexibility index (Phi) is 2.63. The van der Waals surface area contributed by atoms with Crippen LogP contribution in [0.25, 0.3) is 0 Å². The van der Waals surface area contributed by atoms with Crippen molar-refractivity contribution in [1.29, 1.82) is 0 Å². The molecule has 1 aromatic heterocycles. The number of alkyl halides is 5. The first-order chi connectivity index (χ1) is 6.32. The molecule has 0 atom stereocenters. The molecule has 0 saturated carbocycles. The highest BCUT2D eigenvalue weighted by Gasteiger charge is 2.36. The molecule has 0 spiro atoms. The van der Waals surface area contributed by atoms with Crippen LogP contribution in [0.15, 0.2) is 0 Å². The zero-order chi connectivity index (χ0) is 10.9. The van der Waals surface area contributed by atoms with E-state index in [1.54, 1.807) is 0 Å². The van der Waals surface area contributed by atoms with E-state index in [2.05, 4.69) is 9.84 Å². The van der Waals surface area contributed by atoms with E-state index in [0.717, 1.165) is 6.92 Å². The second-order valence-electron chi connectivity index (χ2n) is 2.30. The molecule has 0 fully saturated rings. The van der Waals surface area contributed by atoms with Crippen LogP contribution >= 0.6 is 0 Å². The summed E-state index contributed by atoms with van der Waals surface area (Å²) in [5, 5.41) is 2.75. The summed E-state index contributed by atoms with van der Waals surface area (Å²) in [5.41, 5.74) is -0.234. The van der Waals surface area contributed by atoms with Gasteiger partial charge in [0.25, 0.3) is 0 Å². The fraction of sp³-hybridized carbons (Fsp3) is 0.500. The van der Waals surface area contributed by atoms with Crippen LogP contribution in [-0.4, -0.2) is 16.4 Å². The lowest BCUT2D eigenvalue weighted by molar-refractivity contribution is -0.218. The minimum atomic E-state index is -4.89. The van der Waals surface area contributed by atoms with Crippen molar-refractivity contribution in [3.05, 3.63) is 11.8 Å². The maximum absolute atomic E-state index is 12.1. The smallest absolute Gasteiger partial charge is 0.417 e. The molecule has 1 aromatic rings. The highest BCUT2D eigenvalue weighted by molar-refractivity contribution is 5.21. The first-order valence-corrected chi connectivity index (χ1v) is 3.31. The molecular weight excluding hydrogens is 211 g/mol. The summed E-state index contributed by atoms with van der Waals surface area (Å²) in [5.74, 6) is -1.05. The summed E-state index contributed by atoms with van der Waals surface area (Å²) in [4.78, 5) is 0. The van der Waals surface area contributed by atoms with Crippen LogP contribution in [0.1, 0.15) is 5.56 Å². The number of ether oxygens (including phenoxy) is 1.